The van der Waals surface area contributed by atoms with Crippen molar-refractivity contribution in [2.75, 3.05) is 13.2 Å². The van der Waals surface area contributed by atoms with Crippen LogP contribution in [0.1, 0.15) is 62.0 Å². The number of carbonyl (C=O) groups is 2. The third kappa shape index (κ3) is 3.87. The smallest absolute Gasteiger partial charge is 0.307 e. The number of H-pyrrole nitrogens is 1. The lowest BCUT2D eigenvalue weighted by molar-refractivity contribution is -0.144. The molecule has 1 N–H and O–H groups in total. The first-order valence-electron chi connectivity index (χ1n) is 8.16. The van der Waals surface area contributed by atoms with E-state index in [4.69, 9.17) is 4.74 Å². The molecule has 2 rings (SSSR count). The van der Waals surface area contributed by atoms with Crippen LogP contribution in [-0.2, 0) is 16.0 Å². The summed E-state index contributed by atoms with van der Waals surface area (Å²) in [6.07, 6.45) is 6.51. The Morgan fingerprint density at radius 2 is 2.23 bits per heavy atom. The molecule has 0 radical (unpaired) electrons. The zero-order chi connectivity index (χ0) is 15.9. The fraction of sp³-hybridized carbons (Fsp3) is 0.688. The van der Waals surface area contributed by atoms with Crippen molar-refractivity contribution in [3.8, 4) is 0 Å². The molecule has 6 nitrogen and oxygen atoms in total. The quantitative estimate of drug-likeness (QED) is 0.818. The molecule has 22 heavy (non-hydrogen) atoms. The molecule has 1 atom stereocenters. The molecule has 1 amide bonds. The van der Waals surface area contributed by atoms with Crippen LogP contribution >= 0.6 is 0 Å². The standard InChI is InChI=1S/C16H25N3O3/c1-3-7-14-13(11-17-18-14)16(21)19-9-6-5-8-12(19)10-15(20)22-4-2/h11-12H,3-10H2,1-2H3,(H,17,18). The molecule has 1 unspecified atom stereocenters. The first-order chi connectivity index (χ1) is 10.7. The van der Waals surface area contributed by atoms with E-state index < -0.39 is 0 Å². The monoisotopic (exact) mass is 307 g/mol. The number of hydrogen-bond donors (Lipinski definition) is 1. The summed E-state index contributed by atoms with van der Waals surface area (Å²) in [5.74, 6) is -0.251. The van der Waals surface area contributed by atoms with E-state index in [0.29, 0.717) is 18.7 Å². The van der Waals surface area contributed by atoms with Gasteiger partial charge in [0.05, 0.1) is 24.8 Å². The minimum atomic E-state index is -0.229. The summed E-state index contributed by atoms with van der Waals surface area (Å²) in [4.78, 5) is 26.4. The average molecular weight is 307 g/mol. The maximum absolute atomic E-state index is 12.8. The second-order valence-electron chi connectivity index (χ2n) is 5.67. The van der Waals surface area contributed by atoms with Crippen molar-refractivity contribution in [1.82, 2.24) is 15.1 Å². The highest BCUT2D eigenvalue weighted by molar-refractivity contribution is 5.95. The number of esters is 1. The van der Waals surface area contributed by atoms with Crippen LogP contribution < -0.4 is 0 Å². The highest BCUT2D eigenvalue weighted by atomic mass is 16.5. The van der Waals surface area contributed by atoms with Crippen molar-refractivity contribution in [2.24, 2.45) is 0 Å². The van der Waals surface area contributed by atoms with Crippen molar-refractivity contribution >= 4 is 11.9 Å². The first-order valence-corrected chi connectivity index (χ1v) is 8.16. The molecule has 0 saturated carbocycles. The van der Waals surface area contributed by atoms with Gasteiger partial charge in [-0.3, -0.25) is 14.7 Å². The molecule has 1 aliphatic rings. The molecule has 0 aromatic carbocycles. The second kappa shape index (κ2) is 7.96. The van der Waals surface area contributed by atoms with Gasteiger partial charge in [-0.25, -0.2) is 0 Å². The average Bonchev–Trinajstić information content (AvgIpc) is 2.96. The molecule has 0 bridgehead atoms. The Hall–Kier alpha value is -1.85. The Labute approximate surface area is 131 Å². The highest BCUT2D eigenvalue weighted by Gasteiger charge is 2.31. The number of aromatic amines is 1. The molecule has 6 heteroatoms. The number of nitrogens with one attached hydrogen (secondary N) is 1. The van der Waals surface area contributed by atoms with E-state index in [-0.39, 0.29) is 24.3 Å². The number of aromatic nitrogens is 2. The summed E-state index contributed by atoms with van der Waals surface area (Å²) in [7, 11) is 0. The fourth-order valence-electron chi connectivity index (χ4n) is 2.98. The van der Waals surface area contributed by atoms with Crippen molar-refractivity contribution in [3.63, 3.8) is 0 Å². The van der Waals surface area contributed by atoms with Gasteiger partial charge in [-0.05, 0) is 32.6 Å². The SMILES string of the molecule is CCCc1[nH]ncc1C(=O)N1CCCCC1CC(=O)OCC. The van der Waals surface area contributed by atoms with Crippen LogP contribution in [-0.4, -0.2) is 46.2 Å². The maximum Gasteiger partial charge on any atom is 0.307 e. The molecule has 1 aromatic rings. The number of amides is 1. The summed E-state index contributed by atoms with van der Waals surface area (Å²) in [5.41, 5.74) is 1.52. The van der Waals surface area contributed by atoms with Crippen molar-refractivity contribution < 1.29 is 14.3 Å². The topological polar surface area (TPSA) is 75.3 Å². The Bertz CT molecular complexity index is 512. The molecular formula is C16H25N3O3. The van der Waals surface area contributed by atoms with E-state index in [0.717, 1.165) is 37.8 Å². The third-order valence-corrected chi connectivity index (χ3v) is 4.04. The first kappa shape index (κ1) is 16.5. The van der Waals surface area contributed by atoms with E-state index >= 15 is 0 Å². The Kier molecular flexibility index (Phi) is 5.98. The van der Waals surface area contributed by atoms with Crippen LogP contribution in [0.25, 0.3) is 0 Å². The number of carbonyl (C=O) groups excluding carboxylic acids is 2. The van der Waals surface area contributed by atoms with E-state index in [1.54, 1.807) is 13.1 Å². The Morgan fingerprint density at radius 3 is 2.95 bits per heavy atom. The lowest BCUT2D eigenvalue weighted by atomic mass is 9.98. The molecule has 0 spiro atoms. The van der Waals surface area contributed by atoms with E-state index in [9.17, 15) is 9.59 Å². The number of rotatable bonds is 6. The second-order valence-corrected chi connectivity index (χ2v) is 5.67. The van der Waals surface area contributed by atoms with Gasteiger partial charge >= 0.3 is 5.97 Å². The molecule has 2 heterocycles. The van der Waals surface area contributed by atoms with Gasteiger partial charge in [-0.15, -0.1) is 0 Å². The largest absolute Gasteiger partial charge is 0.466 e. The summed E-state index contributed by atoms with van der Waals surface area (Å²) < 4.78 is 5.03. The molecule has 122 valence electrons. The van der Waals surface area contributed by atoms with Crippen LogP contribution in [0.5, 0.6) is 0 Å². The summed E-state index contributed by atoms with van der Waals surface area (Å²) in [6, 6.07) is -0.0651. The number of hydrogen-bond acceptors (Lipinski definition) is 4. The fourth-order valence-corrected chi connectivity index (χ4v) is 2.98. The van der Waals surface area contributed by atoms with Gasteiger partial charge in [-0.1, -0.05) is 13.3 Å². The number of likely N-dealkylation sites (tertiary alicyclic amines) is 1. The van der Waals surface area contributed by atoms with E-state index in [2.05, 4.69) is 17.1 Å². The van der Waals surface area contributed by atoms with Gasteiger partial charge in [0, 0.05) is 18.3 Å². The molecule has 1 aliphatic heterocycles. The Morgan fingerprint density at radius 1 is 1.41 bits per heavy atom. The van der Waals surface area contributed by atoms with Crippen molar-refractivity contribution in [1.29, 1.82) is 0 Å². The molecule has 1 aromatic heterocycles. The van der Waals surface area contributed by atoms with Crippen LogP contribution in [0.3, 0.4) is 0 Å². The van der Waals surface area contributed by atoms with Crippen LogP contribution in [0, 0.1) is 0 Å². The predicted octanol–water partition coefficient (Wildman–Crippen LogP) is 2.31. The number of piperidine rings is 1. The molecular weight excluding hydrogens is 282 g/mol. The van der Waals surface area contributed by atoms with Gasteiger partial charge in [0.2, 0.25) is 0 Å². The number of aryl methyl sites for hydroxylation is 1. The van der Waals surface area contributed by atoms with Gasteiger partial charge in [0.1, 0.15) is 0 Å². The third-order valence-electron chi connectivity index (χ3n) is 4.04. The Balaban J connectivity index is 2.10. The summed E-state index contributed by atoms with van der Waals surface area (Å²) in [5, 5.41) is 6.92. The lowest BCUT2D eigenvalue weighted by Gasteiger charge is -2.35. The highest BCUT2D eigenvalue weighted by Crippen LogP contribution is 2.23. The zero-order valence-electron chi connectivity index (χ0n) is 13.4. The molecule has 0 aliphatic carbocycles. The van der Waals surface area contributed by atoms with Crippen LogP contribution in [0.4, 0.5) is 0 Å². The van der Waals surface area contributed by atoms with E-state index in [1.165, 1.54) is 0 Å². The van der Waals surface area contributed by atoms with Gasteiger partial charge < -0.3 is 9.64 Å². The minimum absolute atomic E-state index is 0.0220. The molecule has 1 fully saturated rings. The minimum Gasteiger partial charge on any atom is -0.466 e. The maximum atomic E-state index is 12.8. The summed E-state index contributed by atoms with van der Waals surface area (Å²) in [6.45, 7) is 4.94. The number of nitrogens with zero attached hydrogens (tertiary/aromatic N) is 2. The van der Waals surface area contributed by atoms with Gasteiger partial charge in [-0.2, -0.15) is 5.10 Å². The summed E-state index contributed by atoms with van der Waals surface area (Å²) >= 11 is 0. The van der Waals surface area contributed by atoms with Crippen LogP contribution in [0.15, 0.2) is 6.20 Å². The number of ether oxygens (including phenoxy) is 1. The van der Waals surface area contributed by atoms with Crippen molar-refractivity contribution in [3.05, 3.63) is 17.5 Å². The predicted molar refractivity (Wildman–Crippen MR) is 82.5 cm³/mol. The normalized spacial score (nSPS) is 18.3. The zero-order valence-corrected chi connectivity index (χ0v) is 13.4. The molecule has 1 saturated heterocycles. The van der Waals surface area contributed by atoms with Crippen LogP contribution in [0.2, 0.25) is 0 Å². The van der Waals surface area contributed by atoms with Gasteiger partial charge in [0.25, 0.3) is 5.91 Å². The van der Waals surface area contributed by atoms with Crippen molar-refractivity contribution in [2.45, 2.75) is 58.4 Å². The lowest BCUT2D eigenvalue weighted by Crippen LogP contribution is -2.45. The van der Waals surface area contributed by atoms with E-state index in [1.807, 2.05) is 4.90 Å². The van der Waals surface area contributed by atoms with Gasteiger partial charge in [0.15, 0.2) is 0 Å².